The standard InChI is InChI=1S/C60H98N12O14/c1-13-16-17-18-22-27-46(75)68-59(11,12)56(86)72-33-23-26-43(72)51(80)65-41(35-38-24-20-19-21-25-38)50(79)70-57(7,8)53(83)67-39(28-30-44(61)73)48(77)64-40(29-31-45(62)74)49(78)69-58(9,10)54(84)71-60(15-3,32-14-2)55(85)63-37(6)47(76)66-42(52(81)82)34-36(4)5/h19-21,24-25,36-37,39-43H,13-18,22-23,26-35H2,1-12H3,(H2,61,73)(H2,62,74)(H,63,85)(H,64,77)(H,65,80)(H,66,76)(H,67,83)(H,68,75)(H,69,78)(H,70,79)(H,71,84)(H,81,82)/t37-,39-,40-,41-,42-,43-,60-/m0/s1. The summed E-state index contributed by atoms with van der Waals surface area (Å²) in [6, 6.07) is 0.669. The Morgan fingerprint density at radius 1 is 0.581 bits per heavy atom. The largest absolute Gasteiger partial charge is 0.480 e. The van der Waals surface area contributed by atoms with Crippen molar-refractivity contribution in [2.24, 2.45) is 17.4 Å². The third-order valence-corrected chi connectivity index (χ3v) is 15.0. The zero-order valence-corrected chi connectivity index (χ0v) is 52.5. The molecule has 12 amide bonds. The van der Waals surface area contributed by atoms with Crippen molar-refractivity contribution in [3.05, 3.63) is 35.9 Å². The van der Waals surface area contributed by atoms with Crippen LogP contribution in [0.5, 0.6) is 0 Å². The van der Waals surface area contributed by atoms with Gasteiger partial charge in [-0.05, 0) is 111 Å². The summed E-state index contributed by atoms with van der Waals surface area (Å²) in [5, 5.41) is 33.2. The number of hydrogen-bond acceptors (Lipinski definition) is 13. The van der Waals surface area contributed by atoms with Crippen molar-refractivity contribution in [2.75, 3.05) is 6.54 Å². The number of likely N-dealkylation sites (tertiary alicyclic amines) is 1. The van der Waals surface area contributed by atoms with E-state index >= 15 is 0 Å². The molecule has 482 valence electrons. The number of unbranched alkanes of at least 4 members (excludes halogenated alkanes) is 4. The van der Waals surface area contributed by atoms with Gasteiger partial charge in [0.15, 0.2) is 0 Å². The highest BCUT2D eigenvalue weighted by Crippen LogP contribution is 2.24. The van der Waals surface area contributed by atoms with Crippen LogP contribution in [-0.2, 0) is 68.7 Å². The number of rotatable bonds is 38. The minimum Gasteiger partial charge on any atom is -0.480 e. The molecule has 1 aromatic carbocycles. The lowest BCUT2D eigenvalue weighted by Crippen LogP contribution is -2.67. The molecule has 0 radical (unpaired) electrons. The van der Waals surface area contributed by atoms with E-state index < -0.39 is 155 Å². The molecular formula is C60H98N12O14. The Balaban J connectivity index is 2.37. The van der Waals surface area contributed by atoms with E-state index in [1.165, 1.54) is 39.5 Å². The van der Waals surface area contributed by atoms with Crippen molar-refractivity contribution in [2.45, 2.75) is 251 Å². The summed E-state index contributed by atoms with van der Waals surface area (Å²) in [6.45, 7) is 19.0. The lowest BCUT2D eigenvalue weighted by atomic mass is 9.87. The van der Waals surface area contributed by atoms with Crippen molar-refractivity contribution < 1.29 is 67.4 Å². The second kappa shape index (κ2) is 34.5. The van der Waals surface area contributed by atoms with Crippen LogP contribution in [0.15, 0.2) is 30.3 Å². The molecule has 26 nitrogen and oxygen atoms in total. The van der Waals surface area contributed by atoms with Crippen molar-refractivity contribution in [1.29, 1.82) is 0 Å². The summed E-state index contributed by atoms with van der Waals surface area (Å²) >= 11 is 0. The number of primary amides is 2. The molecule has 7 atom stereocenters. The van der Waals surface area contributed by atoms with Crippen LogP contribution in [0.1, 0.15) is 191 Å². The van der Waals surface area contributed by atoms with Crippen molar-refractivity contribution in [3.63, 3.8) is 0 Å². The monoisotopic (exact) mass is 1210 g/mol. The molecule has 1 heterocycles. The lowest BCUT2D eigenvalue weighted by molar-refractivity contribution is -0.145. The van der Waals surface area contributed by atoms with Gasteiger partial charge < -0.3 is 69.3 Å². The van der Waals surface area contributed by atoms with Gasteiger partial charge in [-0.2, -0.15) is 0 Å². The first-order chi connectivity index (χ1) is 40.1. The molecule has 1 aromatic rings. The maximum Gasteiger partial charge on any atom is 0.326 e. The van der Waals surface area contributed by atoms with Crippen LogP contribution in [0, 0.1) is 5.92 Å². The third kappa shape index (κ3) is 24.0. The van der Waals surface area contributed by atoms with Gasteiger partial charge in [-0.3, -0.25) is 57.5 Å². The summed E-state index contributed by atoms with van der Waals surface area (Å²) in [7, 11) is 0. The Morgan fingerprint density at radius 2 is 1.13 bits per heavy atom. The number of carbonyl (C=O) groups is 13. The van der Waals surface area contributed by atoms with Gasteiger partial charge in [0.25, 0.3) is 0 Å². The highest BCUT2D eigenvalue weighted by molar-refractivity contribution is 6.01. The fraction of sp³-hybridized carbons (Fsp3) is 0.683. The van der Waals surface area contributed by atoms with Gasteiger partial charge in [0.1, 0.15) is 58.4 Å². The van der Waals surface area contributed by atoms with Crippen LogP contribution < -0.4 is 59.3 Å². The van der Waals surface area contributed by atoms with Gasteiger partial charge in [0, 0.05) is 32.2 Å². The summed E-state index contributed by atoms with van der Waals surface area (Å²) in [5.74, 6) is -10.7. The molecule has 0 saturated carbocycles. The normalized spacial score (nSPS) is 15.9. The molecule has 1 saturated heterocycles. The Labute approximate surface area is 505 Å². The zero-order chi connectivity index (χ0) is 65.3. The molecule has 0 aliphatic carbocycles. The van der Waals surface area contributed by atoms with Crippen LogP contribution >= 0.6 is 0 Å². The van der Waals surface area contributed by atoms with Gasteiger partial charge in [-0.1, -0.05) is 97.1 Å². The number of hydrogen-bond donors (Lipinski definition) is 12. The Kier molecular flexibility index (Phi) is 29.8. The first-order valence-corrected chi connectivity index (χ1v) is 30.0. The van der Waals surface area contributed by atoms with E-state index in [0.717, 1.165) is 25.7 Å². The van der Waals surface area contributed by atoms with Gasteiger partial charge in [0.05, 0.1) is 0 Å². The highest BCUT2D eigenvalue weighted by atomic mass is 16.4. The molecule has 1 aliphatic rings. The second-order valence-electron chi connectivity index (χ2n) is 24.4. The van der Waals surface area contributed by atoms with Crippen LogP contribution in [0.2, 0.25) is 0 Å². The Morgan fingerprint density at radius 3 is 1.66 bits per heavy atom. The molecule has 2 rings (SSSR count). The zero-order valence-electron chi connectivity index (χ0n) is 52.5. The fourth-order valence-corrected chi connectivity index (χ4v) is 9.80. The fourth-order valence-electron chi connectivity index (χ4n) is 9.80. The second-order valence-corrected chi connectivity index (χ2v) is 24.4. The smallest absolute Gasteiger partial charge is 0.326 e. The summed E-state index contributed by atoms with van der Waals surface area (Å²) in [5.41, 5.74) is 4.84. The molecule has 26 heteroatoms. The van der Waals surface area contributed by atoms with Gasteiger partial charge >= 0.3 is 5.97 Å². The Hall–Kier alpha value is -7.67. The summed E-state index contributed by atoms with van der Waals surface area (Å²) in [4.78, 5) is 177. The lowest BCUT2D eigenvalue weighted by Gasteiger charge is -2.37. The van der Waals surface area contributed by atoms with Crippen LogP contribution in [0.3, 0.4) is 0 Å². The number of carbonyl (C=O) groups excluding carboxylic acids is 12. The number of carboxylic acid groups (broad SMARTS) is 1. The topological polar surface area (TPSA) is 406 Å². The predicted octanol–water partition coefficient (Wildman–Crippen LogP) is 1.44. The highest BCUT2D eigenvalue weighted by Gasteiger charge is 2.45. The number of aliphatic carboxylic acids is 1. The number of benzene rings is 1. The van der Waals surface area contributed by atoms with E-state index in [1.54, 1.807) is 71.9 Å². The number of nitrogens with one attached hydrogen (secondary N) is 9. The van der Waals surface area contributed by atoms with Gasteiger partial charge in [-0.15, -0.1) is 0 Å². The van der Waals surface area contributed by atoms with E-state index in [1.807, 2.05) is 0 Å². The van der Waals surface area contributed by atoms with Crippen LogP contribution in [0.4, 0.5) is 0 Å². The van der Waals surface area contributed by atoms with E-state index in [-0.39, 0.29) is 56.9 Å². The molecule has 1 aliphatic heterocycles. The molecular weight excluding hydrogens is 1110 g/mol. The maximum absolute atomic E-state index is 14.4. The summed E-state index contributed by atoms with van der Waals surface area (Å²) < 4.78 is 0. The molecule has 0 spiro atoms. The number of nitrogens with zero attached hydrogens (tertiary/aromatic N) is 1. The first kappa shape index (κ1) is 74.4. The third-order valence-electron chi connectivity index (χ3n) is 15.0. The SMILES string of the molecule is CCCCCCCC(=O)NC(C)(C)C(=O)N1CCC[C@H]1C(=O)N[C@@H](Cc1ccccc1)C(=O)NC(C)(C)C(=O)N[C@@H](CCC(N)=O)C(=O)N[C@@H](CCC(N)=O)C(=O)NC(C)(C)C(=O)N[C@@](CC)(CCC)C(=O)N[C@@H](C)C(=O)N[C@@H](CC(C)C)C(=O)O. The molecule has 1 fully saturated rings. The maximum atomic E-state index is 14.4. The van der Waals surface area contributed by atoms with Crippen LogP contribution in [0.25, 0.3) is 0 Å². The quantitative estimate of drug-likeness (QED) is 0.0417. The van der Waals surface area contributed by atoms with Gasteiger partial charge in [0.2, 0.25) is 70.9 Å². The average molecular weight is 1210 g/mol. The number of nitrogens with two attached hydrogens (primary N) is 2. The number of amides is 12. The Bertz CT molecular complexity index is 2560. The van der Waals surface area contributed by atoms with E-state index in [2.05, 4.69) is 54.8 Å². The van der Waals surface area contributed by atoms with E-state index in [0.29, 0.717) is 24.8 Å². The van der Waals surface area contributed by atoms with Crippen molar-refractivity contribution in [1.82, 2.24) is 52.8 Å². The van der Waals surface area contributed by atoms with Crippen LogP contribution in [-0.4, -0.2) is 152 Å². The van der Waals surface area contributed by atoms with Crippen molar-refractivity contribution >= 4 is 76.9 Å². The van der Waals surface area contributed by atoms with E-state index in [9.17, 15) is 67.4 Å². The van der Waals surface area contributed by atoms with Crippen molar-refractivity contribution in [3.8, 4) is 0 Å². The molecule has 14 N–H and O–H groups in total. The predicted molar refractivity (Wildman–Crippen MR) is 320 cm³/mol. The van der Waals surface area contributed by atoms with Gasteiger partial charge in [-0.25, -0.2) is 4.79 Å². The molecule has 86 heavy (non-hydrogen) atoms. The minimum atomic E-state index is -1.86. The van der Waals surface area contributed by atoms with E-state index in [4.69, 9.17) is 11.5 Å². The summed E-state index contributed by atoms with van der Waals surface area (Å²) in [6.07, 6.45) is 4.40. The molecule has 0 unspecified atom stereocenters. The number of carboxylic acids is 1. The first-order valence-electron chi connectivity index (χ1n) is 30.0. The molecule has 0 aromatic heterocycles. The minimum absolute atomic E-state index is 0.00731. The average Bonchev–Trinajstić information content (AvgIpc) is 4.11. The molecule has 0 bridgehead atoms.